The molecule has 0 saturated carbocycles. The largest absolute Gasteiger partial charge is 0.338 e. The number of nitrogens with one attached hydrogen (secondary N) is 1. The summed E-state index contributed by atoms with van der Waals surface area (Å²) in [4.78, 5) is 28.6. The van der Waals surface area contributed by atoms with Crippen molar-refractivity contribution < 1.29 is 18.4 Å². The van der Waals surface area contributed by atoms with Crippen molar-refractivity contribution in [3.8, 4) is 0 Å². The molecule has 0 radical (unpaired) electrons. The fourth-order valence-electron chi connectivity index (χ4n) is 3.27. The Morgan fingerprint density at radius 2 is 1.54 bits per heavy atom. The quantitative estimate of drug-likeness (QED) is 0.875. The van der Waals surface area contributed by atoms with Crippen LogP contribution in [0.25, 0.3) is 0 Å². The summed E-state index contributed by atoms with van der Waals surface area (Å²) in [5.41, 5.74) is 0.199. The van der Waals surface area contributed by atoms with E-state index in [2.05, 4.69) is 5.32 Å². The van der Waals surface area contributed by atoms with E-state index in [1.165, 1.54) is 11.0 Å². The summed E-state index contributed by atoms with van der Waals surface area (Å²) in [6.07, 6.45) is 0. The first kappa shape index (κ1) is 19.8. The molecule has 1 aliphatic rings. The summed E-state index contributed by atoms with van der Waals surface area (Å²) in [6.45, 7) is 5.25. The molecule has 5 nitrogen and oxygen atoms in total. The number of piperazine rings is 1. The molecule has 1 N–H and O–H groups in total. The van der Waals surface area contributed by atoms with Gasteiger partial charge in [0.1, 0.15) is 11.6 Å². The number of anilines is 1. The third kappa shape index (κ3) is 4.13. The zero-order valence-electron chi connectivity index (χ0n) is 15.9. The van der Waals surface area contributed by atoms with Gasteiger partial charge < -0.3 is 15.1 Å². The minimum atomic E-state index is -0.827. The Hall–Kier alpha value is -2.96. The second kappa shape index (κ2) is 7.96. The Kier molecular flexibility index (Phi) is 5.63. The summed E-state index contributed by atoms with van der Waals surface area (Å²) in [7, 11) is 0. The standard InChI is InChI=1S/C21H23F2N3O2/c1-21(2,15-6-4-3-5-7-15)19(27)25-10-12-26(13-11-25)20(28)24-18-9-8-16(22)14-17(18)23/h3-9,14H,10-13H2,1-2H3,(H,24,28). The van der Waals surface area contributed by atoms with Crippen molar-refractivity contribution in [2.24, 2.45) is 0 Å². The van der Waals surface area contributed by atoms with Gasteiger partial charge in [-0.25, -0.2) is 13.6 Å². The first-order valence-electron chi connectivity index (χ1n) is 9.15. The van der Waals surface area contributed by atoms with Crippen LogP contribution in [-0.4, -0.2) is 47.9 Å². The molecule has 1 fully saturated rings. The van der Waals surface area contributed by atoms with Crippen LogP contribution < -0.4 is 5.32 Å². The van der Waals surface area contributed by atoms with Gasteiger partial charge in [0.05, 0.1) is 11.1 Å². The lowest BCUT2D eigenvalue weighted by atomic mass is 9.83. The number of hydrogen-bond donors (Lipinski definition) is 1. The molecule has 0 aromatic heterocycles. The van der Waals surface area contributed by atoms with Gasteiger partial charge in [-0.3, -0.25) is 4.79 Å². The van der Waals surface area contributed by atoms with E-state index in [0.29, 0.717) is 26.2 Å². The van der Waals surface area contributed by atoms with Crippen molar-refractivity contribution in [3.05, 3.63) is 65.7 Å². The van der Waals surface area contributed by atoms with Crippen molar-refractivity contribution in [1.29, 1.82) is 0 Å². The zero-order chi connectivity index (χ0) is 20.3. The highest BCUT2D eigenvalue weighted by Crippen LogP contribution is 2.26. The van der Waals surface area contributed by atoms with Crippen LogP contribution in [0.4, 0.5) is 19.3 Å². The monoisotopic (exact) mass is 387 g/mol. The van der Waals surface area contributed by atoms with Gasteiger partial charge in [0.2, 0.25) is 5.91 Å². The molecule has 28 heavy (non-hydrogen) atoms. The first-order valence-corrected chi connectivity index (χ1v) is 9.15. The average Bonchev–Trinajstić information content (AvgIpc) is 2.70. The van der Waals surface area contributed by atoms with E-state index in [1.54, 1.807) is 4.90 Å². The van der Waals surface area contributed by atoms with Gasteiger partial charge in [0, 0.05) is 32.2 Å². The summed E-state index contributed by atoms with van der Waals surface area (Å²) < 4.78 is 26.7. The van der Waals surface area contributed by atoms with E-state index in [9.17, 15) is 18.4 Å². The van der Waals surface area contributed by atoms with Crippen LogP contribution >= 0.6 is 0 Å². The van der Waals surface area contributed by atoms with Gasteiger partial charge in [0.15, 0.2) is 0 Å². The molecule has 0 atom stereocenters. The highest BCUT2D eigenvalue weighted by Gasteiger charge is 2.35. The van der Waals surface area contributed by atoms with Gasteiger partial charge >= 0.3 is 6.03 Å². The predicted molar refractivity (Wildman–Crippen MR) is 103 cm³/mol. The Bertz CT molecular complexity index is 863. The number of benzene rings is 2. The molecule has 1 aliphatic heterocycles. The number of urea groups is 1. The summed E-state index contributed by atoms with van der Waals surface area (Å²) in [6, 6.07) is 12.1. The normalized spacial score (nSPS) is 14.7. The molecular formula is C21H23F2N3O2. The van der Waals surface area contributed by atoms with Crippen LogP contribution in [0.2, 0.25) is 0 Å². The third-order valence-corrected chi connectivity index (χ3v) is 5.06. The molecule has 1 heterocycles. The van der Waals surface area contributed by atoms with Crippen molar-refractivity contribution in [3.63, 3.8) is 0 Å². The lowest BCUT2D eigenvalue weighted by Gasteiger charge is -2.38. The van der Waals surface area contributed by atoms with Gasteiger partial charge in [-0.15, -0.1) is 0 Å². The van der Waals surface area contributed by atoms with Crippen molar-refractivity contribution >= 4 is 17.6 Å². The highest BCUT2D eigenvalue weighted by molar-refractivity contribution is 5.90. The number of amides is 3. The van der Waals surface area contributed by atoms with E-state index in [4.69, 9.17) is 0 Å². The molecule has 0 bridgehead atoms. The lowest BCUT2D eigenvalue weighted by Crippen LogP contribution is -2.55. The molecule has 7 heteroatoms. The molecule has 1 saturated heterocycles. The number of carbonyl (C=O) groups excluding carboxylic acids is 2. The smallest absolute Gasteiger partial charge is 0.322 e. The number of nitrogens with zero attached hydrogens (tertiary/aromatic N) is 2. The third-order valence-electron chi connectivity index (χ3n) is 5.06. The molecular weight excluding hydrogens is 364 g/mol. The molecule has 0 spiro atoms. The van der Waals surface area contributed by atoms with E-state index < -0.39 is 23.1 Å². The number of rotatable bonds is 3. The minimum absolute atomic E-state index is 0.00309. The maximum atomic E-state index is 13.7. The maximum Gasteiger partial charge on any atom is 0.322 e. The minimum Gasteiger partial charge on any atom is -0.338 e. The molecule has 3 amide bonds. The molecule has 148 valence electrons. The molecule has 2 aromatic carbocycles. The summed E-state index contributed by atoms with van der Waals surface area (Å²) >= 11 is 0. The fraction of sp³-hybridized carbons (Fsp3) is 0.333. The van der Waals surface area contributed by atoms with Crippen molar-refractivity contribution in [1.82, 2.24) is 9.80 Å². The number of halogens is 2. The van der Waals surface area contributed by atoms with Crippen LogP contribution in [0.15, 0.2) is 48.5 Å². The second-order valence-electron chi connectivity index (χ2n) is 7.32. The highest BCUT2D eigenvalue weighted by atomic mass is 19.1. The molecule has 0 unspecified atom stereocenters. The predicted octanol–water partition coefficient (Wildman–Crippen LogP) is 3.62. The van der Waals surface area contributed by atoms with E-state index >= 15 is 0 Å². The SMILES string of the molecule is CC(C)(C(=O)N1CCN(C(=O)Nc2ccc(F)cc2F)CC1)c1ccccc1. The average molecular weight is 387 g/mol. The first-order chi connectivity index (χ1) is 13.3. The van der Waals surface area contributed by atoms with Crippen LogP contribution in [0, 0.1) is 11.6 Å². The Labute approximate surface area is 162 Å². The number of hydrogen-bond acceptors (Lipinski definition) is 2. The van der Waals surface area contributed by atoms with E-state index in [0.717, 1.165) is 17.7 Å². The summed E-state index contributed by atoms with van der Waals surface area (Å²) in [5.74, 6) is -1.53. The Morgan fingerprint density at radius 3 is 2.14 bits per heavy atom. The van der Waals surface area contributed by atoms with Crippen LogP contribution in [0.1, 0.15) is 19.4 Å². The molecule has 2 aromatic rings. The van der Waals surface area contributed by atoms with E-state index in [-0.39, 0.29) is 11.6 Å². The topological polar surface area (TPSA) is 52.7 Å². The van der Waals surface area contributed by atoms with Crippen LogP contribution in [0.5, 0.6) is 0 Å². The van der Waals surface area contributed by atoms with Gasteiger partial charge in [-0.2, -0.15) is 0 Å². The summed E-state index contributed by atoms with van der Waals surface area (Å²) in [5, 5.41) is 2.45. The van der Waals surface area contributed by atoms with Gasteiger partial charge in [0.25, 0.3) is 0 Å². The van der Waals surface area contributed by atoms with E-state index in [1.807, 2.05) is 44.2 Å². The van der Waals surface area contributed by atoms with Crippen LogP contribution in [0.3, 0.4) is 0 Å². The Morgan fingerprint density at radius 1 is 0.929 bits per heavy atom. The van der Waals surface area contributed by atoms with Crippen molar-refractivity contribution in [2.75, 3.05) is 31.5 Å². The maximum absolute atomic E-state index is 13.7. The van der Waals surface area contributed by atoms with Gasteiger partial charge in [-0.05, 0) is 31.5 Å². The van der Waals surface area contributed by atoms with Gasteiger partial charge in [-0.1, -0.05) is 30.3 Å². The fourth-order valence-corrected chi connectivity index (χ4v) is 3.27. The van der Waals surface area contributed by atoms with Crippen LogP contribution in [-0.2, 0) is 10.2 Å². The zero-order valence-corrected chi connectivity index (χ0v) is 15.9. The van der Waals surface area contributed by atoms with Crippen molar-refractivity contribution in [2.45, 2.75) is 19.3 Å². The lowest BCUT2D eigenvalue weighted by molar-refractivity contribution is -0.137. The second-order valence-corrected chi connectivity index (χ2v) is 7.32. The number of carbonyl (C=O) groups is 2. The molecule has 0 aliphatic carbocycles. The Balaban J connectivity index is 1.59. The molecule has 3 rings (SSSR count).